The number of allylic oxidation sites excluding steroid dienone is 1. The van der Waals surface area contributed by atoms with Crippen LogP contribution in [0.25, 0.3) is 0 Å². The number of carbonyl (C=O) groups is 1. The average Bonchev–Trinajstić information content (AvgIpc) is 2.78. The lowest BCUT2D eigenvalue weighted by Gasteiger charge is -2.50. The number of likely N-dealkylation sites (tertiary alicyclic amines) is 1. The van der Waals surface area contributed by atoms with Crippen LogP contribution in [-0.4, -0.2) is 44.2 Å². The molecular formula is C25H31N3O3. The van der Waals surface area contributed by atoms with Crippen LogP contribution in [0.4, 0.5) is 11.4 Å². The third-order valence-electron chi connectivity index (χ3n) is 6.31. The van der Waals surface area contributed by atoms with Crippen LogP contribution in [0.2, 0.25) is 0 Å². The number of ether oxygens (including phenoxy) is 2. The molecule has 1 N–H and O–H groups in total. The molecule has 1 spiro atoms. The Morgan fingerprint density at radius 3 is 2.61 bits per heavy atom. The standard InChI is InChI=1S/C25H31N3O3/c1-5-7-23-25(26-21-15-20(31-4)10-11-22(21)27(23)2)12-13-28(24(29)16-25)17-18-8-6-9-19(14-18)30-3/h6-11,14-15,26H,5,12-13,16-17H2,1-4H3. The van der Waals surface area contributed by atoms with Gasteiger partial charge in [0.25, 0.3) is 0 Å². The van der Waals surface area contributed by atoms with E-state index in [1.807, 2.05) is 41.3 Å². The van der Waals surface area contributed by atoms with E-state index in [0.29, 0.717) is 19.5 Å². The minimum Gasteiger partial charge on any atom is -0.497 e. The van der Waals surface area contributed by atoms with Crippen molar-refractivity contribution in [1.29, 1.82) is 0 Å². The normalized spacial score (nSPS) is 21.8. The molecule has 164 valence electrons. The molecule has 2 aliphatic heterocycles. The molecule has 0 saturated carbocycles. The first kappa shape index (κ1) is 21.1. The Morgan fingerprint density at radius 2 is 1.90 bits per heavy atom. The first-order valence-corrected chi connectivity index (χ1v) is 10.8. The Balaban J connectivity index is 1.60. The van der Waals surface area contributed by atoms with Gasteiger partial charge in [0.15, 0.2) is 0 Å². The first-order valence-electron chi connectivity index (χ1n) is 10.8. The fraction of sp³-hybridized carbons (Fsp3) is 0.400. The smallest absolute Gasteiger partial charge is 0.225 e. The van der Waals surface area contributed by atoms with Gasteiger partial charge in [0, 0.05) is 31.9 Å². The molecule has 2 aromatic carbocycles. The Kier molecular flexibility index (Phi) is 5.81. The highest BCUT2D eigenvalue weighted by Gasteiger charge is 2.46. The zero-order chi connectivity index (χ0) is 22.0. The lowest BCUT2D eigenvalue weighted by atomic mass is 9.80. The zero-order valence-electron chi connectivity index (χ0n) is 18.8. The number of carbonyl (C=O) groups excluding carboxylic acids is 1. The fourth-order valence-corrected chi connectivity index (χ4v) is 4.73. The molecular weight excluding hydrogens is 390 g/mol. The largest absolute Gasteiger partial charge is 0.497 e. The second-order valence-corrected chi connectivity index (χ2v) is 8.24. The fourth-order valence-electron chi connectivity index (χ4n) is 4.73. The van der Waals surface area contributed by atoms with Crippen LogP contribution in [-0.2, 0) is 11.3 Å². The predicted molar refractivity (Wildman–Crippen MR) is 124 cm³/mol. The van der Waals surface area contributed by atoms with Crippen molar-refractivity contribution >= 4 is 17.3 Å². The molecule has 0 radical (unpaired) electrons. The Labute approximate surface area is 184 Å². The van der Waals surface area contributed by atoms with Crippen LogP contribution in [0.15, 0.2) is 54.2 Å². The topological polar surface area (TPSA) is 54.0 Å². The van der Waals surface area contributed by atoms with E-state index in [0.717, 1.165) is 41.3 Å². The van der Waals surface area contributed by atoms with E-state index in [2.05, 4.69) is 36.3 Å². The van der Waals surface area contributed by atoms with Crippen molar-refractivity contribution < 1.29 is 14.3 Å². The number of methoxy groups -OCH3 is 2. The quantitative estimate of drug-likeness (QED) is 0.775. The molecule has 0 aliphatic carbocycles. The maximum absolute atomic E-state index is 13.3. The van der Waals surface area contributed by atoms with Crippen molar-refractivity contribution in [3.8, 4) is 11.5 Å². The monoisotopic (exact) mass is 421 g/mol. The second kappa shape index (κ2) is 8.53. The van der Waals surface area contributed by atoms with E-state index in [4.69, 9.17) is 9.47 Å². The maximum Gasteiger partial charge on any atom is 0.225 e. The van der Waals surface area contributed by atoms with Crippen LogP contribution < -0.4 is 19.7 Å². The Morgan fingerprint density at radius 1 is 1.13 bits per heavy atom. The molecule has 6 heteroatoms. The zero-order valence-corrected chi connectivity index (χ0v) is 18.8. The van der Waals surface area contributed by atoms with E-state index in [1.54, 1.807) is 14.2 Å². The molecule has 31 heavy (non-hydrogen) atoms. The third kappa shape index (κ3) is 3.94. The van der Waals surface area contributed by atoms with Gasteiger partial charge in [-0.05, 0) is 42.7 Å². The van der Waals surface area contributed by atoms with Gasteiger partial charge in [0.2, 0.25) is 5.91 Å². The maximum atomic E-state index is 13.3. The summed E-state index contributed by atoms with van der Waals surface area (Å²) in [5.74, 6) is 1.77. The van der Waals surface area contributed by atoms with Gasteiger partial charge in [-0.1, -0.05) is 25.1 Å². The highest BCUT2D eigenvalue weighted by atomic mass is 16.5. The molecule has 2 heterocycles. The van der Waals surface area contributed by atoms with E-state index in [9.17, 15) is 4.79 Å². The summed E-state index contributed by atoms with van der Waals surface area (Å²) in [6.07, 6.45) is 4.42. The van der Waals surface area contributed by atoms with Gasteiger partial charge < -0.3 is 24.6 Å². The van der Waals surface area contributed by atoms with E-state index in [-0.39, 0.29) is 5.91 Å². The van der Waals surface area contributed by atoms with Crippen molar-refractivity contribution in [2.75, 3.05) is 38.0 Å². The molecule has 1 atom stereocenters. The molecule has 1 amide bonds. The number of fused-ring (bicyclic) bond motifs is 1. The van der Waals surface area contributed by atoms with Gasteiger partial charge >= 0.3 is 0 Å². The lowest BCUT2D eigenvalue weighted by molar-refractivity contribution is -0.135. The number of amides is 1. The van der Waals surface area contributed by atoms with Crippen LogP contribution in [0.1, 0.15) is 31.7 Å². The summed E-state index contributed by atoms with van der Waals surface area (Å²) in [5.41, 5.74) is 3.94. The summed E-state index contributed by atoms with van der Waals surface area (Å²) in [6.45, 7) is 3.42. The second-order valence-electron chi connectivity index (χ2n) is 8.24. The van der Waals surface area contributed by atoms with Gasteiger partial charge in [-0.15, -0.1) is 0 Å². The minimum absolute atomic E-state index is 0.156. The Bertz CT molecular complexity index is 1000. The first-order chi connectivity index (χ1) is 15.0. The van der Waals surface area contributed by atoms with Crippen LogP contribution in [0, 0.1) is 0 Å². The van der Waals surface area contributed by atoms with Crippen LogP contribution >= 0.6 is 0 Å². The number of benzene rings is 2. The lowest BCUT2D eigenvalue weighted by Crippen LogP contribution is -2.57. The highest BCUT2D eigenvalue weighted by molar-refractivity contribution is 5.85. The van der Waals surface area contributed by atoms with Crippen molar-refractivity contribution in [2.45, 2.75) is 38.3 Å². The average molecular weight is 422 g/mol. The van der Waals surface area contributed by atoms with Crippen molar-refractivity contribution in [3.05, 3.63) is 59.8 Å². The van der Waals surface area contributed by atoms with Gasteiger partial charge in [0.1, 0.15) is 11.5 Å². The number of piperidine rings is 1. The van der Waals surface area contributed by atoms with Crippen molar-refractivity contribution in [1.82, 2.24) is 4.90 Å². The van der Waals surface area contributed by atoms with E-state index in [1.165, 1.54) is 5.70 Å². The molecule has 4 rings (SSSR count). The number of nitrogens with zero attached hydrogens (tertiary/aromatic N) is 2. The number of likely N-dealkylation sites (N-methyl/N-ethyl adjacent to an activating group) is 1. The number of hydrogen-bond donors (Lipinski definition) is 1. The summed E-state index contributed by atoms with van der Waals surface area (Å²) >= 11 is 0. The van der Waals surface area contributed by atoms with Gasteiger partial charge in [-0.25, -0.2) is 0 Å². The molecule has 2 aliphatic rings. The van der Waals surface area contributed by atoms with Gasteiger partial charge in [0.05, 0.1) is 37.6 Å². The predicted octanol–water partition coefficient (Wildman–Crippen LogP) is 4.42. The minimum atomic E-state index is -0.411. The van der Waals surface area contributed by atoms with Crippen LogP contribution in [0.5, 0.6) is 11.5 Å². The summed E-state index contributed by atoms with van der Waals surface area (Å²) in [6, 6.07) is 14.0. The summed E-state index contributed by atoms with van der Waals surface area (Å²) in [4.78, 5) is 17.5. The third-order valence-corrected chi connectivity index (χ3v) is 6.31. The SMILES string of the molecule is CCC=C1N(C)c2ccc(OC)cc2NC12CCN(Cc1cccc(OC)c1)C(=O)C2. The highest BCUT2D eigenvalue weighted by Crippen LogP contribution is 2.46. The number of hydrogen-bond acceptors (Lipinski definition) is 5. The summed E-state index contributed by atoms with van der Waals surface area (Å²) in [5, 5.41) is 3.73. The Hall–Kier alpha value is -3.15. The van der Waals surface area contributed by atoms with Crippen LogP contribution in [0.3, 0.4) is 0 Å². The number of anilines is 2. The summed E-state index contributed by atoms with van der Waals surface area (Å²) in [7, 11) is 5.42. The number of nitrogens with one attached hydrogen (secondary N) is 1. The molecule has 0 bridgehead atoms. The van der Waals surface area contributed by atoms with Crippen molar-refractivity contribution in [2.24, 2.45) is 0 Å². The van der Waals surface area contributed by atoms with E-state index < -0.39 is 5.54 Å². The number of rotatable bonds is 5. The van der Waals surface area contributed by atoms with Gasteiger partial charge in [-0.3, -0.25) is 4.79 Å². The van der Waals surface area contributed by atoms with E-state index >= 15 is 0 Å². The molecule has 1 saturated heterocycles. The molecule has 0 aromatic heterocycles. The molecule has 1 unspecified atom stereocenters. The molecule has 1 fully saturated rings. The van der Waals surface area contributed by atoms with Gasteiger partial charge in [-0.2, -0.15) is 0 Å². The molecule has 2 aromatic rings. The summed E-state index contributed by atoms with van der Waals surface area (Å²) < 4.78 is 10.8. The van der Waals surface area contributed by atoms with Crippen molar-refractivity contribution in [3.63, 3.8) is 0 Å². The molecule has 6 nitrogen and oxygen atoms in total.